The monoisotopic (exact) mass is 354 g/mol. The average Bonchev–Trinajstić information content (AvgIpc) is 2.82. The number of aliphatic hydroxyl groups excluding tert-OH is 3. The number of Topliss-reactive ketones (excluding diaryl/α,β-unsaturated/α-hetero) is 1. The Balaban J connectivity index is 2.38. The number of hydrogen-bond acceptors (Lipinski definition) is 4. The van der Waals surface area contributed by atoms with Crippen molar-refractivity contribution in [3.63, 3.8) is 0 Å². The van der Waals surface area contributed by atoms with Crippen molar-refractivity contribution < 1.29 is 20.1 Å². The van der Waals surface area contributed by atoms with Crippen LogP contribution in [0.25, 0.3) is 0 Å². The highest BCUT2D eigenvalue weighted by molar-refractivity contribution is 5.84. The maximum Gasteiger partial charge on any atom is 0.139 e. The van der Waals surface area contributed by atoms with E-state index in [-0.39, 0.29) is 30.1 Å². The predicted octanol–water partition coefficient (Wildman–Crippen LogP) is 3.77. The summed E-state index contributed by atoms with van der Waals surface area (Å²) in [5.74, 6) is -0.0942. The summed E-state index contributed by atoms with van der Waals surface area (Å²) in [5, 5.41) is 29.4. The third-order valence-corrected chi connectivity index (χ3v) is 5.28. The minimum Gasteiger partial charge on any atom is -0.393 e. The fourth-order valence-electron chi connectivity index (χ4n) is 3.71. The van der Waals surface area contributed by atoms with Crippen LogP contribution in [0.15, 0.2) is 12.2 Å². The van der Waals surface area contributed by atoms with E-state index in [9.17, 15) is 20.1 Å². The van der Waals surface area contributed by atoms with Crippen molar-refractivity contribution in [3.05, 3.63) is 12.2 Å². The molecule has 1 saturated carbocycles. The smallest absolute Gasteiger partial charge is 0.139 e. The van der Waals surface area contributed by atoms with Gasteiger partial charge in [0.1, 0.15) is 5.78 Å². The second-order valence-corrected chi connectivity index (χ2v) is 7.71. The van der Waals surface area contributed by atoms with Crippen molar-refractivity contribution in [2.75, 3.05) is 0 Å². The first-order chi connectivity index (χ1) is 12.0. The number of ketones is 1. The molecule has 2 unspecified atom stereocenters. The van der Waals surface area contributed by atoms with Crippen molar-refractivity contribution in [1.82, 2.24) is 0 Å². The standard InChI is InChI=1S/C21H38O4/c1-3-4-7-11-17(23)13-14-19-18(20(24)15-21(19)25)12-9-6-5-8-10-16(2)22/h13-14,16-19,21-23,25H,3-12,15H2,1-2H3/t16?,17?,18-,19-,21-/m1/s1. The minimum absolute atomic E-state index is 0.106. The summed E-state index contributed by atoms with van der Waals surface area (Å²) >= 11 is 0. The van der Waals surface area contributed by atoms with Gasteiger partial charge >= 0.3 is 0 Å². The Labute approximate surface area is 153 Å². The molecule has 1 fully saturated rings. The van der Waals surface area contributed by atoms with Crippen molar-refractivity contribution in [3.8, 4) is 0 Å². The topological polar surface area (TPSA) is 77.8 Å². The molecule has 0 heterocycles. The molecule has 0 saturated heterocycles. The Hall–Kier alpha value is -0.710. The van der Waals surface area contributed by atoms with Crippen LogP contribution in [0.5, 0.6) is 0 Å². The molecule has 0 radical (unpaired) electrons. The summed E-state index contributed by atoms with van der Waals surface area (Å²) in [6, 6.07) is 0. The van der Waals surface area contributed by atoms with Gasteiger partial charge in [0.25, 0.3) is 0 Å². The van der Waals surface area contributed by atoms with Crippen LogP contribution in [0.4, 0.5) is 0 Å². The Bertz CT molecular complexity index is 391. The molecule has 0 aromatic carbocycles. The first kappa shape index (κ1) is 22.3. The molecule has 5 atom stereocenters. The lowest BCUT2D eigenvalue weighted by atomic mass is 9.88. The van der Waals surface area contributed by atoms with Crippen LogP contribution >= 0.6 is 0 Å². The van der Waals surface area contributed by atoms with Gasteiger partial charge in [-0.25, -0.2) is 0 Å². The molecule has 3 N–H and O–H groups in total. The van der Waals surface area contributed by atoms with E-state index in [1.807, 2.05) is 13.0 Å². The van der Waals surface area contributed by atoms with Gasteiger partial charge in [0.15, 0.2) is 0 Å². The largest absolute Gasteiger partial charge is 0.393 e. The van der Waals surface area contributed by atoms with Crippen molar-refractivity contribution in [1.29, 1.82) is 0 Å². The van der Waals surface area contributed by atoms with E-state index in [0.717, 1.165) is 64.2 Å². The van der Waals surface area contributed by atoms with Crippen molar-refractivity contribution in [2.24, 2.45) is 11.8 Å². The second-order valence-electron chi connectivity index (χ2n) is 7.71. The van der Waals surface area contributed by atoms with Gasteiger partial charge in [-0.15, -0.1) is 0 Å². The number of carbonyl (C=O) groups excluding carboxylic acids is 1. The zero-order valence-electron chi connectivity index (χ0n) is 16.1. The fourth-order valence-corrected chi connectivity index (χ4v) is 3.71. The first-order valence-electron chi connectivity index (χ1n) is 10.2. The number of aliphatic hydroxyl groups is 3. The third kappa shape index (κ3) is 8.98. The summed E-state index contributed by atoms with van der Waals surface area (Å²) in [4.78, 5) is 12.2. The van der Waals surface area contributed by atoms with Crippen LogP contribution in [0.3, 0.4) is 0 Å². The van der Waals surface area contributed by atoms with E-state index in [0.29, 0.717) is 0 Å². The van der Waals surface area contributed by atoms with Crippen molar-refractivity contribution in [2.45, 2.75) is 103 Å². The van der Waals surface area contributed by atoms with Gasteiger partial charge in [-0.1, -0.05) is 64.0 Å². The molecule has 146 valence electrons. The second kappa shape index (κ2) is 12.6. The van der Waals surface area contributed by atoms with E-state index in [1.165, 1.54) is 0 Å². The predicted molar refractivity (Wildman–Crippen MR) is 101 cm³/mol. The molecule has 1 aliphatic carbocycles. The van der Waals surface area contributed by atoms with Gasteiger partial charge in [-0.3, -0.25) is 4.79 Å². The maximum atomic E-state index is 12.2. The molecular weight excluding hydrogens is 316 g/mol. The third-order valence-electron chi connectivity index (χ3n) is 5.28. The van der Waals surface area contributed by atoms with Gasteiger partial charge in [-0.2, -0.15) is 0 Å². The Kier molecular flexibility index (Phi) is 11.3. The minimum atomic E-state index is -0.605. The molecule has 0 amide bonds. The lowest BCUT2D eigenvalue weighted by molar-refractivity contribution is -0.121. The zero-order valence-corrected chi connectivity index (χ0v) is 16.1. The van der Waals surface area contributed by atoms with Crippen molar-refractivity contribution >= 4 is 5.78 Å². The van der Waals surface area contributed by atoms with Crippen LogP contribution < -0.4 is 0 Å². The highest BCUT2D eigenvalue weighted by Crippen LogP contribution is 2.34. The zero-order chi connectivity index (χ0) is 18.7. The molecule has 0 aliphatic heterocycles. The van der Waals surface area contributed by atoms with Gasteiger partial charge in [-0.05, 0) is 26.2 Å². The quantitative estimate of drug-likeness (QED) is 0.347. The van der Waals surface area contributed by atoms with Gasteiger partial charge < -0.3 is 15.3 Å². The van der Waals surface area contributed by atoms with Crippen LogP contribution in [0.2, 0.25) is 0 Å². The van der Waals surface area contributed by atoms with E-state index < -0.39 is 12.2 Å². The molecule has 0 bridgehead atoms. The summed E-state index contributed by atoms with van der Waals surface area (Å²) in [6.45, 7) is 3.95. The Morgan fingerprint density at radius 1 is 1.08 bits per heavy atom. The van der Waals surface area contributed by atoms with Crippen LogP contribution in [0, 0.1) is 11.8 Å². The summed E-state index contributed by atoms with van der Waals surface area (Å²) in [7, 11) is 0. The van der Waals surface area contributed by atoms with E-state index >= 15 is 0 Å². The fraction of sp³-hybridized carbons (Fsp3) is 0.857. The summed E-state index contributed by atoms with van der Waals surface area (Å²) < 4.78 is 0. The maximum absolute atomic E-state index is 12.2. The number of carbonyl (C=O) groups is 1. The Morgan fingerprint density at radius 2 is 1.76 bits per heavy atom. The van der Waals surface area contributed by atoms with Gasteiger partial charge in [0, 0.05) is 18.3 Å². The summed E-state index contributed by atoms with van der Waals surface area (Å²) in [6.07, 6.45) is 12.4. The van der Waals surface area contributed by atoms with E-state index in [1.54, 1.807) is 6.08 Å². The highest BCUT2D eigenvalue weighted by Gasteiger charge is 2.39. The molecule has 0 aromatic heterocycles. The van der Waals surface area contributed by atoms with Crippen LogP contribution in [-0.2, 0) is 4.79 Å². The molecule has 1 rings (SSSR count). The molecule has 4 nitrogen and oxygen atoms in total. The number of unbranched alkanes of at least 4 members (excludes halogenated alkanes) is 5. The molecule has 0 aromatic rings. The molecule has 25 heavy (non-hydrogen) atoms. The average molecular weight is 355 g/mol. The Morgan fingerprint density at radius 3 is 2.44 bits per heavy atom. The van der Waals surface area contributed by atoms with Gasteiger partial charge in [0.05, 0.1) is 18.3 Å². The molecule has 0 spiro atoms. The first-order valence-corrected chi connectivity index (χ1v) is 10.2. The van der Waals surface area contributed by atoms with Crippen LogP contribution in [-0.4, -0.2) is 39.4 Å². The SMILES string of the molecule is CCCCCC(O)C=C[C@H]1[C@H](O)CC(=O)[C@@H]1CCCCCCC(C)O. The normalized spacial score (nSPS) is 26.4. The molecular formula is C21H38O4. The van der Waals surface area contributed by atoms with Crippen LogP contribution in [0.1, 0.15) is 84.5 Å². The summed E-state index contributed by atoms with van der Waals surface area (Å²) in [5.41, 5.74) is 0. The number of hydrogen-bond donors (Lipinski definition) is 3. The molecule has 1 aliphatic rings. The van der Waals surface area contributed by atoms with E-state index in [2.05, 4.69) is 6.92 Å². The molecule has 4 heteroatoms. The van der Waals surface area contributed by atoms with E-state index in [4.69, 9.17) is 0 Å². The van der Waals surface area contributed by atoms with Gasteiger partial charge in [0.2, 0.25) is 0 Å². The number of rotatable bonds is 13. The highest BCUT2D eigenvalue weighted by atomic mass is 16.3. The lowest BCUT2D eigenvalue weighted by Crippen LogP contribution is -2.19. The lowest BCUT2D eigenvalue weighted by Gasteiger charge is -2.18.